The van der Waals surface area contributed by atoms with Gasteiger partial charge in [0.15, 0.2) is 0 Å². The third-order valence-corrected chi connectivity index (χ3v) is 4.28. The number of hydrogen-bond donors (Lipinski definition) is 1. The smallest absolute Gasteiger partial charge is 0.407 e. The molecule has 7 nitrogen and oxygen atoms in total. The Hall–Kier alpha value is -2.42. The summed E-state index contributed by atoms with van der Waals surface area (Å²) in [5, 5.41) is 8.46. The Balaban J connectivity index is 1.90. The average Bonchev–Trinajstić information content (AvgIpc) is 3.18. The minimum Gasteiger partial charge on any atom is -0.444 e. The molecular formula is C17H23FN4O3S. The van der Waals surface area contributed by atoms with Crippen LogP contribution in [0, 0.1) is 0 Å². The molecule has 2 rings (SSSR count). The number of nitrogens with zero attached hydrogens (tertiary/aromatic N) is 3. The van der Waals surface area contributed by atoms with Crippen LogP contribution in [0.3, 0.4) is 0 Å². The van der Waals surface area contributed by atoms with E-state index in [0.717, 1.165) is 11.1 Å². The third-order valence-electron chi connectivity index (χ3n) is 3.34. The van der Waals surface area contributed by atoms with Crippen LogP contribution in [0.5, 0.6) is 0 Å². The van der Waals surface area contributed by atoms with E-state index in [9.17, 15) is 14.0 Å². The fourth-order valence-corrected chi connectivity index (χ4v) is 2.84. The first-order valence-electron chi connectivity index (χ1n) is 8.18. The molecule has 2 aromatic heterocycles. The van der Waals surface area contributed by atoms with Crippen LogP contribution < -0.4 is 11.0 Å². The van der Waals surface area contributed by atoms with Crippen molar-refractivity contribution in [1.29, 1.82) is 0 Å². The van der Waals surface area contributed by atoms with Gasteiger partial charge in [0.05, 0.1) is 12.9 Å². The number of hydrogen-bond acceptors (Lipinski definition) is 5. The number of thiophene rings is 1. The van der Waals surface area contributed by atoms with Gasteiger partial charge in [-0.2, -0.15) is 5.10 Å². The van der Waals surface area contributed by atoms with E-state index in [1.165, 1.54) is 15.8 Å². The van der Waals surface area contributed by atoms with E-state index in [-0.39, 0.29) is 24.4 Å². The maximum Gasteiger partial charge on any atom is 0.407 e. The maximum atomic E-state index is 13.1. The average molecular weight is 382 g/mol. The Morgan fingerprint density at radius 1 is 1.46 bits per heavy atom. The van der Waals surface area contributed by atoms with E-state index in [1.54, 1.807) is 32.1 Å². The molecule has 0 aromatic carbocycles. The van der Waals surface area contributed by atoms with Crippen molar-refractivity contribution in [3.63, 3.8) is 0 Å². The van der Waals surface area contributed by atoms with Gasteiger partial charge in [0.2, 0.25) is 0 Å². The number of nitrogens with one attached hydrogen (secondary N) is 1. The van der Waals surface area contributed by atoms with Crippen LogP contribution in [-0.2, 0) is 24.2 Å². The van der Waals surface area contributed by atoms with Gasteiger partial charge in [-0.3, -0.25) is 4.57 Å². The molecule has 142 valence electrons. The zero-order chi connectivity index (χ0) is 19.2. The van der Waals surface area contributed by atoms with Crippen LogP contribution >= 0.6 is 11.3 Å². The zero-order valence-electron chi connectivity index (χ0n) is 15.1. The number of halogens is 1. The summed E-state index contributed by atoms with van der Waals surface area (Å²) in [5.41, 5.74) is -0.748. The SMILES string of the molecule is CC(C)(C)OC(=O)NCC(=CF)Cn1ncn(CCc2cccs2)c1=O. The number of carbonyl (C=O) groups is 1. The first-order valence-corrected chi connectivity index (χ1v) is 9.06. The molecule has 0 aliphatic heterocycles. The molecule has 1 N–H and O–H groups in total. The molecule has 2 heterocycles. The van der Waals surface area contributed by atoms with Crippen molar-refractivity contribution < 1.29 is 13.9 Å². The molecule has 0 saturated carbocycles. The van der Waals surface area contributed by atoms with Crippen LogP contribution in [0.2, 0.25) is 0 Å². The van der Waals surface area contributed by atoms with Crippen LogP contribution in [0.25, 0.3) is 0 Å². The fourth-order valence-electron chi connectivity index (χ4n) is 2.14. The van der Waals surface area contributed by atoms with Gasteiger partial charge >= 0.3 is 11.8 Å². The molecule has 0 bridgehead atoms. The van der Waals surface area contributed by atoms with Crippen molar-refractivity contribution in [2.24, 2.45) is 0 Å². The molecule has 26 heavy (non-hydrogen) atoms. The molecule has 0 radical (unpaired) electrons. The van der Waals surface area contributed by atoms with Gasteiger partial charge in [0.1, 0.15) is 11.9 Å². The number of aryl methyl sites for hydroxylation is 2. The molecular weight excluding hydrogens is 359 g/mol. The van der Waals surface area contributed by atoms with E-state index in [0.29, 0.717) is 12.9 Å². The molecule has 0 saturated heterocycles. The highest BCUT2D eigenvalue weighted by Gasteiger charge is 2.16. The molecule has 2 aromatic rings. The molecule has 0 spiro atoms. The molecule has 0 unspecified atom stereocenters. The number of alkyl carbamates (subject to hydrolysis) is 1. The number of ether oxygens (including phenoxy) is 1. The second-order valence-corrected chi connectivity index (χ2v) is 7.75. The summed E-state index contributed by atoms with van der Waals surface area (Å²) in [5.74, 6) is 0. The number of rotatable bonds is 7. The molecule has 0 aliphatic rings. The van der Waals surface area contributed by atoms with E-state index in [2.05, 4.69) is 10.4 Å². The molecule has 0 fully saturated rings. The van der Waals surface area contributed by atoms with Crippen molar-refractivity contribution in [2.45, 2.75) is 45.9 Å². The molecule has 1 amide bonds. The molecule has 0 atom stereocenters. The van der Waals surface area contributed by atoms with Crippen molar-refractivity contribution in [2.75, 3.05) is 6.54 Å². The van der Waals surface area contributed by atoms with E-state index >= 15 is 0 Å². The van der Waals surface area contributed by atoms with Gasteiger partial charge in [-0.05, 0) is 44.2 Å². The highest BCUT2D eigenvalue weighted by molar-refractivity contribution is 7.09. The number of carbonyl (C=O) groups excluding carboxylic acids is 1. The Morgan fingerprint density at radius 2 is 2.23 bits per heavy atom. The van der Waals surface area contributed by atoms with Crippen LogP contribution in [0.1, 0.15) is 25.6 Å². The lowest BCUT2D eigenvalue weighted by molar-refractivity contribution is 0.0532. The fraction of sp³-hybridized carbons (Fsp3) is 0.471. The van der Waals surface area contributed by atoms with Crippen molar-refractivity contribution in [3.05, 3.63) is 51.1 Å². The van der Waals surface area contributed by atoms with Gasteiger partial charge in [-0.25, -0.2) is 18.7 Å². The lowest BCUT2D eigenvalue weighted by Crippen LogP contribution is -2.34. The third kappa shape index (κ3) is 6.14. The first-order chi connectivity index (χ1) is 12.3. The topological polar surface area (TPSA) is 78.2 Å². The second-order valence-electron chi connectivity index (χ2n) is 6.72. The maximum absolute atomic E-state index is 13.1. The summed E-state index contributed by atoms with van der Waals surface area (Å²) in [6.45, 7) is 5.60. The minimum atomic E-state index is -0.648. The highest BCUT2D eigenvalue weighted by Crippen LogP contribution is 2.09. The van der Waals surface area contributed by atoms with Gasteiger partial charge < -0.3 is 10.1 Å². The Labute approximate surface area is 155 Å². The number of aromatic nitrogens is 3. The van der Waals surface area contributed by atoms with Gasteiger partial charge in [-0.15, -0.1) is 11.3 Å². The summed E-state index contributed by atoms with van der Waals surface area (Å²) < 4.78 is 20.8. The van der Waals surface area contributed by atoms with Crippen molar-refractivity contribution >= 4 is 17.4 Å². The number of amides is 1. The Morgan fingerprint density at radius 3 is 2.85 bits per heavy atom. The lowest BCUT2D eigenvalue weighted by Gasteiger charge is -2.19. The van der Waals surface area contributed by atoms with E-state index < -0.39 is 11.7 Å². The summed E-state index contributed by atoms with van der Waals surface area (Å²) in [6.07, 6.45) is 1.89. The summed E-state index contributed by atoms with van der Waals surface area (Å²) in [6, 6.07) is 3.97. The van der Waals surface area contributed by atoms with Crippen LogP contribution in [0.4, 0.5) is 9.18 Å². The van der Waals surface area contributed by atoms with Crippen LogP contribution in [0.15, 0.2) is 40.5 Å². The zero-order valence-corrected chi connectivity index (χ0v) is 15.9. The monoisotopic (exact) mass is 382 g/mol. The lowest BCUT2D eigenvalue weighted by atomic mass is 10.2. The van der Waals surface area contributed by atoms with Gasteiger partial charge in [0, 0.05) is 18.0 Å². The predicted molar refractivity (Wildman–Crippen MR) is 97.9 cm³/mol. The van der Waals surface area contributed by atoms with Gasteiger partial charge in [-0.1, -0.05) is 6.07 Å². The second kappa shape index (κ2) is 8.79. The summed E-state index contributed by atoms with van der Waals surface area (Å²) >= 11 is 1.63. The quantitative estimate of drug-likeness (QED) is 0.799. The van der Waals surface area contributed by atoms with Crippen molar-refractivity contribution in [1.82, 2.24) is 19.7 Å². The minimum absolute atomic E-state index is 0.0445. The van der Waals surface area contributed by atoms with E-state index in [4.69, 9.17) is 4.74 Å². The standard InChI is InChI=1S/C17H23FN4O3S/c1-17(2,3)25-15(23)19-10-13(9-18)11-22-16(24)21(12-20-22)7-6-14-5-4-8-26-14/h4-5,8-9,12H,6-7,10-11H2,1-3H3,(H,19,23). The largest absolute Gasteiger partial charge is 0.444 e. The summed E-state index contributed by atoms with van der Waals surface area (Å²) in [4.78, 5) is 25.1. The van der Waals surface area contributed by atoms with Crippen LogP contribution in [-0.4, -0.2) is 32.6 Å². The Bertz CT molecular complexity index is 803. The first kappa shape index (κ1) is 19.9. The molecule has 9 heteroatoms. The van der Waals surface area contributed by atoms with Gasteiger partial charge in [0.25, 0.3) is 0 Å². The van der Waals surface area contributed by atoms with Crippen molar-refractivity contribution in [3.8, 4) is 0 Å². The normalized spacial score (nSPS) is 12.2. The highest BCUT2D eigenvalue weighted by atomic mass is 32.1. The Kier molecular flexibility index (Phi) is 6.73. The predicted octanol–water partition coefficient (Wildman–Crippen LogP) is 2.73. The van der Waals surface area contributed by atoms with E-state index in [1.807, 2.05) is 17.5 Å². The molecule has 0 aliphatic carbocycles. The summed E-state index contributed by atoms with van der Waals surface area (Å²) in [7, 11) is 0.